The van der Waals surface area contributed by atoms with E-state index < -0.39 is 10.0 Å². The van der Waals surface area contributed by atoms with Crippen molar-refractivity contribution in [3.63, 3.8) is 0 Å². The Bertz CT molecular complexity index is 1000. The molecule has 3 rings (SSSR count). The van der Waals surface area contributed by atoms with Gasteiger partial charge in [0.25, 0.3) is 10.0 Å². The fraction of sp³-hybridized carbons (Fsp3) is 0.150. The fourth-order valence-corrected chi connectivity index (χ4v) is 3.90. The molecule has 0 atom stereocenters. The number of pyridine rings is 1. The number of nitrogens with one attached hydrogen (secondary N) is 2. The molecule has 0 fully saturated rings. The number of aromatic nitrogens is 1. The predicted octanol–water partition coefficient (Wildman–Crippen LogP) is 3.98. The van der Waals surface area contributed by atoms with E-state index in [1.807, 2.05) is 0 Å². The lowest BCUT2D eigenvalue weighted by Gasteiger charge is -2.11. The second kappa shape index (κ2) is 8.18. The van der Waals surface area contributed by atoms with E-state index in [2.05, 4.69) is 15.0 Å². The van der Waals surface area contributed by atoms with E-state index in [9.17, 15) is 12.8 Å². The smallest absolute Gasteiger partial charge is 0.262 e. The van der Waals surface area contributed by atoms with Crippen LogP contribution in [-0.2, 0) is 16.4 Å². The lowest BCUT2D eigenvalue weighted by Crippen LogP contribution is -2.14. The van der Waals surface area contributed by atoms with Crippen molar-refractivity contribution < 1.29 is 12.8 Å². The van der Waals surface area contributed by atoms with E-state index in [0.29, 0.717) is 23.6 Å². The van der Waals surface area contributed by atoms with E-state index in [-0.39, 0.29) is 10.7 Å². The van der Waals surface area contributed by atoms with Crippen molar-refractivity contribution in [3.05, 3.63) is 83.8 Å². The zero-order valence-electron chi connectivity index (χ0n) is 14.8. The number of anilines is 2. The number of halogens is 1. The third kappa shape index (κ3) is 5.04. The van der Waals surface area contributed by atoms with Gasteiger partial charge in [0.05, 0.1) is 16.8 Å². The second-order valence-corrected chi connectivity index (χ2v) is 7.76. The molecule has 2 N–H and O–H groups in total. The van der Waals surface area contributed by atoms with Gasteiger partial charge >= 0.3 is 0 Å². The number of nitrogens with zero attached hydrogens (tertiary/aromatic N) is 1. The molecule has 0 saturated carbocycles. The molecule has 0 aliphatic carbocycles. The van der Waals surface area contributed by atoms with E-state index in [4.69, 9.17) is 0 Å². The topological polar surface area (TPSA) is 71.1 Å². The average Bonchev–Trinajstić information content (AvgIpc) is 2.65. The minimum absolute atomic E-state index is 0.242. The molecule has 1 aromatic heterocycles. The van der Waals surface area contributed by atoms with Crippen LogP contribution in [0.2, 0.25) is 0 Å². The summed E-state index contributed by atoms with van der Waals surface area (Å²) in [5.41, 5.74) is 2.09. The van der Waals surface area contributed by atoms with E-state index in [1.165, 1.54) is 18.3 Å². The molecule has 3 aromatic rings. The van der Waals surface area contributed by atoms with Crippen molar-refractivity contribution in [3.8, 4) is 0 Å². The summed E-state index contributed by atoms with van der Waals surface area (Å²) in [6.45, 7) is 2.38. The average molecular weight is 385 g/mol. The van der Waals surface area contributed by atoms with Crippen LogP contribution in [0.15, 0.2) is 71.8 Å². The molecule has 5 nitrogen and oxygen atoms in total. The van der Waals surface area contributed by atoms with Crippen LogP contribution >= 0.6 is 0 Å². The van der Waals surface area contributed by atoms with Gasteiger partial charge in [-0.15, -0.1) is 0 Å². The molecule has 2 aromatic carbocycles. The van der Waals surface area contributed by atoms with Crippen LogP contribution < -0.4 is 10.0 Å². The van der Waals surface area contributed by atoms with Gasteiger partial charge in [-0.25, -0.2) is 17.8 Å². The van der Waals surface area contributed by atoms with Crippen LogP contribution in [0.1, 0.15) is 11.1 Å². The summed E-state index contributed by atoms with van der Waals surface area (Å²) in [6.07, 6.45) is 2.19. The number of aryl methyl sites for hydroxylation is 1. The first-order valence-corrected chi connectivity index (χ1v) is 9.95. The van der Waals surface area contributed by atoms with Gasteiger partial charge in [-0.05, 0) is 54.8 Å². The van der Waals surface area contributed by atoms with Crippen molar-refractivity contribution in [1.82, 2.24) is 4.98 Å². The van der Waals surface area contributed by atoms with Gasteiger partial charge in [0.1, 0.15) is 11.6 Å². The quantitative estimate of drug-likeness (QED) is 0.645. The molecule has 0 aliphatic rings. The number of benzene rings is 2. The summed E-state index contributed by atoms with van der Waals surface area (Å²) in [7, 11) is -3.65. The number of rotatable bonds is 7. The van der Waals surface area contributed by atoms with E-state index in [1.54, 1.807) is 55.5 Å². The zero-order chi connectivity index (χ0) is 19.3. The Morgan fingerprint density at radius 3 is 2.41 bits per heavy atom. The normalized spacial score (nSPS) is 11.2. The highest BCUT2D eigenvalue weighted by Gasteiger charge is 2.16. The molecule has 0 bridgehead atoms. The SMILES string of the molecule is Cc1ccccc1S(=O)(=O)Nc1ccc(NCCc2ccc(F)cc2)nc1. The summed E-state index contributed by atoms with van der Waals surface area (Å²) in [4.78, 5) is 4.47. The lowest BCUT2D eigenvalue weighted by atomic mass is 10.1. The first-order valence-electron chi connectivity index (χ1n) is 8.47. The van der Waals surface area contributed by atoms with Gasteiger partial charge in [0, 0.05) is 6.54 Å². The van der Waals surface area contributed by atoms with Crippen molar-refractivity contribution in [2.24, 2.45) is 0 Å². The molecule has 0 unspecified atom stereocenters. The highest BCUT2D eigenvalue weighted by atomic mass is 32.2. The van der Waals surface area contributed by atoms with Gasteiger partial charge in [0.15, 0.2) is 0 Å². The maximum absolute atomic E-state index is 12.9. The van der Waals surface area contributed by atoms with E-state index >= 15 is 0 Å². The summed E-state index contributed by atoms with van der Waals surface area (Å²) in [5.74, 6) is 0.382. The molecule has 0 saturated heterocycles. The first-order chi connectivity index (χ1) is 12.9. The largest absolute Gasteiger partial charge is 0.370 e. The molecular weight excluding hydrogens is 365 g/mol. The standard InChI is InChI=1S/C20H20FN3O2S/c1-15-4-2-3-5-19(15)27(25,26)24-18-10-11-20(23-14-18)22-13-12-16-6-8-17(21)9-7-16/h2-11,14,24H,12-13H2,1H3,(H,22,23). The van der Waals surface area contributed by atoms with Crippen LogP contribution in [0.5, 0.6) is 0 Å². The van der Waals surface area contributed by atoms with Gasteiger partial charge in [-0.3, -0.25) is 4.72 Å². The van der Waals surface area contributed by atoms with Crippen molar-refractivity contribution in [1.29, 1.82) is 0 Å². The summed E-state index contributed by atoms with van der Waals surface area (Å²) in [6, 6.07) is 16.5. The molecule has 27 heavy (non-hydrogen) atoms. The molecule has 0 radical (unpaired) electrons. The summed E-state index contributed by atoms with van der Waals surface area (Å²) >= 11 is 0. The maximum Gasteiger partial charge on any atom is 0.262 e. The van der Waals surface area contributed by atoms with Crippen LogP contribution in [0, 0.1) is 12.7 Å². The van der Waals surface area contributed by atoms with Gasteiger partial charge < -0.3 is 5.32 Å². The summed E-state index contributed by atoms with van der Waals surface area (Å²) < 4.78 is 40.4. The highest BCUT2D eigenvalue weighted by molar-refractivity contribution is 7.92. The van der Waals surface area contributed by atoms with Gasteiger partial charge in [-0.2, -0.15) is 0 Å². The Kier molecular flexibility index (Phi) is 5.71. The Labute approximate surface area is 158 Å². The molecule has 7 heteroatoms. The monoisotopic (exact) mass is 385 g/mol. The third-order valence-corrected chi connectivity index (χ3v) is 5.57. The highest BCUT2D eigenvalue weighted by Crippen LogP contribution is 2.19. The zero-order valence-corrected chi connectivity index (χ0v) is 15.6. The van der Waals surface area contributed by atoms with Crippen LogP contribution in [0.4, 0.5) is 15.9 Å². The fourth-order valence-electron chi connectivity index (χ4n) is 2.61. The van der Waals surface area contributed by atoms with Gasteiger partial charge in [0.2, 0.25) is 0 Å². The maximum atomic E-state index is 12.9. The van der Waals surface area contributed by atoms with Crippen molar-refractivity contribution >= 4 is 21.5 Å². The van der Waals surface area contributed by atoms with Crippen molar-refractivity contribution in [2.45, 2.75) is 18.2 Å². The minimum atomic E-state index is -3.65. The Balaban J connectivity index is 1.58. The molecule has 1 heterocycles. The minimum Gasteiger partial charge on any atom is -0.370 e. The Morgan fingerprint density at radius 1 is 1.00 bits per heavy atom. The molecule has 0 spiro atoms. The van der Waals surface area contributed by atoms with Crippen LogP contribution in [-0.4, -0.2) is 19.9 Å². The molecule has 0 aliphatic heterocycles. The lowest BCUT2D eigenvalue weighted by molar-refractivity contribution is 0.600. The summed E-state index contributed by atoms with van der Waals surface area (Å²) in [5, 5.41) is 3.16. The van der Waals surface area contributed by atoms with Crippen molar-refractivity contribution in [2.75, 3.05) is 16.6 Å². The predicted molar refractivity (Wildman–Crippen MR) is 105 cm³/mol. The molecular formula is C20H20FN3O2S. The van der Waals surface area contributed by atoms with Crippen LogP contribution in [0.25, 0.3) is 0 Å². The number of hydrogen-bond donors (Lipinski definition) is 2. The second-order valence-electron chi connectivity index (χ2n) is 6.11. The Hall–Kier alpha value is -2.93. The third-order valence-electron chi connectivity index (χ3n) is 4.03. The Morgan fingerprint density at radius 2 is 1.74 bits per heavy atom. The number of sulfonamides is 1. The number of hydrogen-bond acceptors (Lipinski definition) is 4. The van der Waals surface area contributed by atoms with Crippen LogP contribution in [0.3, 0.4) is 0 Å². The van der Waals surface area contributed by atoms with Gasteiger partial charge in [-0.1, -0.05) is 30.3 Å². The molecule has 140 valence electrons. The first kappa shape index (κ1) is 18.8. The van der Waals surface area contributed by atoms with E-state index in [0.717, 1.165) is 12.0 Å². The molecule has 0 amide bonds.